The maximum absolute atomic E-state index is 13.3. The van der Waals surface area contributed by atoms with Crippen LogP contribution in [0.25, 0.3) is 0 Å². The van der Waals surface area contributed by atoms with Crippen molar-refractivity contribution < 1.29 is 27.4 Å². The summed E-state index contributed by atoms with van der Waals surface area (Å²) in [5.74, 6) is -0.297. The molecule has 0 spiro atoms. The van der Waals surface area contributed by atoms with E-state index >= 15 is 0 Å². The molecular weight excluding hydrogens is 351 g/mol. The van der Waals surface area contributed by atoms with Crippen LogP contribution in [-0.2, 0) is 20.4 Å². The number of hydrogen-bond acceptors (Lipinski definition) is 5. The van der Waals surface area contributed by atoms with E-state index in [1.807, 2.05) is 0 Å². The van der Waals surface area contributed by atoms with Crippen molar-refractivity contribution in [3.63, 3.8) is 0 Å². The van der Waals surface area contributed by atoms with Crippen molar-refractivity contribution in [2.75, 3.05) is 39.8 Å². The van der Waals surface area contributed by atoms with Crippen molar-refractivity contribution in [3.05, 3.63) is 29.3 Å². The molecule has 1 unspecified atom stereocenters. The molecule has 0 saturated heterocycles. The number of carbonyl (C=O) groups excluding carboxylic acids is 1. The number of methoxy groups -OCH3 is 2. The summed E-state index contributed by atoms with van der Waals surface area (Å²) < 4.78 is 50.0. The highest BCUT2D eigenvalue weighted by Gasteiger charge is 2.35. The van der Waals surface area contributed by atoms with Crippen LogP contribution in [0.1, 0.15) is 18.1 Å². The lowest BCUT2D eigenvalue weighted by molar-refractivity contribution is -0.137. The number of ether oxygens (including phenoxy) is 2. The Kier molecular flexibility index (Phi) is 7.41. The molecule has 0 radical (unpaired) electrons. The van der Waals surface area contributed by atoms with Crippen molar-refractivity contribution in [2.45, 2.75) is 25.4 Å². The van der Waals surface area contributed by atoms with Crippen molar-refractivity contribution in [1.82, 2.24) is 4.90 Å². The second kappa shape index (κ2) is 8.87. The molecule has 26 heavy (non-hydrogen) atoms. The lowest BCUT2D eigenvalue weighted by atomic mass is 10.1. The highest BCUT2D eigenvalue weighted by atomic mass is 19.4. The monoisotopic (exact) mass is 373 g/mol. The third kappa shape index (κ3) is 5.09. The third-order valence-electron chi connectivity index (χ3n) is 3.90. The number of rotatable bonds is 7. The Balaban J connectivity index is 3.42. The molecular formula is C17H22F3N3O3. The summed E-state index contributed by atoms with van der Waals surface area (Å²) in [6, 6.07) is 4.09. The normalized spacial score (nSPS) is 12.6. The standard InChI is InChI=1S/C17H22F3N3O3/c1-11(16(24)22(2)3)23(10-15(25-4)26-5)13-7-6-12(9-21)14(8-13)17(18,19)20/h6-8,11,15H,10H2,1-5H3. The molecule has 6 nitrogen and oxygen atoms in total. The Hall–Kier alpha value is -2.31. The quantitative estimate of drug-likeness (QED) is 0.687. The van der Waals surface area contributed by atoms with E-state index < -0.39 is 29.6 Å². The predicted octanol–water partition coefficient (Wildman–Crippen LogP) is 2.48. The molecule has 0 heterocycles. The number of likely N-dealkylation sites (N-methyl/N-ethyl adjacent to an activating group) is 1. The summed E-state index contributed by atoms with van der Waals surface area (Å²) in [6.07, 6.45) is -5.44. The van der Waals surface area contributed by atoms with Gasteiger partial charge in [0.05, 0.1) is 23.7 Å². The van der Waals surface area contributed by atoms with Crippen LogP contribution >= 0.6 is 0 Å². The predicted molar refractivity (Wildman–Crippen MR) is 89.5 cm³/mol. The fourth-order valence-corrected chi connectivity index (χ4v) is 2.44. The Labute approximate surface area is 150 Å². The average molecular weight is 373 g/mol. The summed E-state index contributed by atoms with van der Waals surface area (Å²) in [7, 11) is 5.90. The molecule has 1 amide bonds. The molecule has 9 heteroatoms. The fourth-order valence-electron chi connectivity index (χ4n) is 2.44. The minimum absolute atomic E-state index is 0.0247. The summed E-state index contributed by atoms with van der Waals surface area (Å²) in [4.78, 5) is 15.2. The van der Waals surface area contributed by atoms with E-state index in [2.05, 4.69) is 0 Å². The average Bonchev–Trinajstić information content (AvgIpc) is 2.60. The summed E-state index contributed by atoms with van der Waals surface area (Å²) in [5.41, 5.74) is -1.40. The smallest absolute Gasteiger partial charge is 0.355 e. The number of hydrogen-bond donors (Lipinski definition) is 0. The van der Waals surface area contributed by atoms with Gasteiger partial charge < -0.3 is 19.3 Å². The molecule has 1 rings (SSSR count). The van der Waals surface area contributed by atoms with Gasteiger partial charge in [-0.25, -0.2) is 0 Å². The van der Waals surface area contributed by atoms with E-state index in [0.29, 0.717) is 0 Å². The van der Waals surface area contributed by atoms with Gasteiger partial charge in [-0.2, -0.15) is 18.4 Å². The molecule has 144 valence electrons. The van der Waals surface area contributed by atoms with Gasteiger partial charge in [-0.1, -0.05) is 0 Å². The number of anilines is 1. The molecule has 1 aromatic carbocycles. The number of nitrogens with zero attached hydrogens (tertiary/aromatic N) is 3. The van der Waals surface area contributed by atoms with Crippen molar-refractivity contribution in [1.29, 1.82) is 5.26 Å². The van der Waals surface area contributed by atoms with E-state index in [1.165, 1.54) is 36.2 Å². The van der Waals surface area contributed by atoms with Crippen molar-refractivity contribution in [3.8, 4) is 6.07 Å². The number of nitriles is 1. The van der Waals surface area contributed by atoms with Gasteiger partial charge in [-0.3, -0.25) is 4.79 Å². The zero-order chi connectivity index (χ0) is 20.1. The minimum Gasteiger partial charge on any atom is -0.355 e. The number of benzene rings is 1. The van der Waals surface area contributed by atoms with Gasteiger partial charge in [0, 0.05) is 34.0 Å². The zero-order valence-electron chi connectivity index (χ0n) is 15.3. The largest absolute Gasteiger partial charge is 0.417 e. The van der Waals surface area contributed by atoms with Crippen LogP contribution in [0.4, 0.5) is 18.9 Å². The van der Waals surface area contributed by atoms with E-state index in [9.17, 15) is 18.0 Å². The van der Waals surface area contributed by atoms with Crippen LogP contribution in [0.3, 0.4) is 0 Å². The Bertz CT molecular complexity index is 667. The second-order valence-electron chi connectivity index (χ2n) is 5.80. The maximum Gasteiger partial charge on any atom is 0.417 e. The Morgan fingerprint density at radius 3 is 2.27 bits per heavy atom. The van der Waals surface area contributed by atoms with Crippen LogP contribution in [-0.4, -0.2) is 58.0 Å². The van der Waals surface area contributed by atoms with Crippen LogP contribution in [0.15, 0.2) is 18.2 Å². The van der Waals surface area contributed by atoms with Gasteiger partial charge in [0.2, 0.25) is 5.91 Å². The van der Waals surface area contributed by atoms with Crippen LogP contribution < -0.4 is 4.90 Å². The van der Waals surface area contributed by atoms with Gasteiger partial charge in [0.15, 0.2) is 6.29 Å². The fraction of sp³-hybridized carbons (Fsp3) is 0.529. The topological polar surface area (TPSA) is 65.8 Å². The lowest BCUT2D eigenvalue weighted by Gasteiger charge is -2.34. The number of alkyl halides is 3. The summed E-state index contributed by atoms with van der Waals surface area (Å²) >= 11 is 0. The van der Waals surface area contributed by atoms with Crippen LogP contribution in [0, 0.1) is 11.3 Å². The molecule has 0 bridgehead atoms. The molecule has 0 fully saturated rings. The highest BCUT2D eigenvalue weighted by Crippen LogP contribution is 2.35. The summed E-state index contributed by atoms with van der Waals surface area (Å²) in [5, 5.41) is 8.94. The maximum atomic E-state index is 13.3. The molecule has 0 aromatic heterocycles. The molecule has 0 aliphatic rings. The highest BCUT2D eigenvalue weighted by molar-refractivity contribution is 5.84. The van der Waals surface area contributed by atoms with Gasteiger partial charge >= 0.3 is 6.18 Å². The van der Waals surface area contributed by atoms with Gasteiger partial charge in [0.1, 0.15) is 6.04 Å². The Morgan fingerprint density at radius 1 is 1.27 bits per heavy atom. The lowest BCUT2D eigenvalue weighted by Crippen LogP contribution is -2.48. The number of halogens is 3. The SMILES string of the molecule is COC(CN(c1ccc(C#N)c(C(F)(F)F)c1)C(C)C(=O)N(C)C)OC. The van der Waals surface area contributed by atoms with Crippen molar-refractivity contribution >= 4 is 11.6 Å². The molecule has 0 N–H and O–H groups in total. The first kappa shape index (κ1) is 21.7. The molecule has 0 aliphatic carbocycles. The van der Waals surface area contributed by atoms with E-state index in [1.54, 1.807) is 21.0 Å². The first-order chi connectivity index (χ1) is 12.1. The number of carbonyl (C=O) groups is 1. The van der Waals surface area contributed by atoms with Crippen molar-refractivity contribution in [2.24, 2.45) is 0 Å². The molecule has 0 saturated carbocycles. The third-order valence-corrected chi connectivity index (χ3v) is 3.90. The molecule has 1 atom stereocenters. The second-order valence-corrected chi connectivity index (χ2v) is 5.80. The van der Waals surface area contributed by atoms with Gasteiger partial charge in [0.25, 0.3) is 0 Å². The van der Waals surface area contributed by atoms with Gasteiger partial charge in [-0.15, -0.1) is 0 Å². The van der Waals surface area contributed by atoms with E-state index in [4.69, 9.17) is 14.7 Å². The van der Waals surface area contributed by atoms with Crippen LogP contribution in [0.2, 0.25) is 0 Å². The van der Waals surface area contributed by atoms with Gasteiger partial charge in [-0.05, 0) is 25.1 Å². The summed E-state index contributed by atoms with van der Waals surface area (Å²) in [6.45, 7) is 1.60. The Morgan fingerprint density at radius 2 is 1.85 bits per heavy atom. The minimum atomic E-state index is -4.69. The van der Waals surface area contributed by atoms with E-state index in [-0.39, 0.29) is 18.1 Å². The van der Waals surface area contributed by atoms with Crippen LogP contribution in [0.5, 0.6) is 0 Å². The first-order valence-corrected chi connectivity index (χ1v) is 7.71. The first-order valence-electron chi connectivity index (χ1n) is 7.71. The number of amides is 1. The molecule has 1 aromatic rings. The van der Waals surface area contributed by atoms with E-state index in [0.717, 1.165) is 12.1 Å². The molecule has 0 aliphatic heterocycles. The zero-order valence-corrected chi connectivity index (χ0v) is 15.3.